The van der Waals surface area contributed by atoms with E-state index in [2.05, 4.69) is 19.2 Å². The molecule has 0 amide bonds. The molecule has 0 atom stereocenters. The summed E-state index contributed by atoms with van der Waals surface area (Å²) in [5.74, 6) is 0.612. The summed E-state index contributed by atoms with van der Waals surface area (Å²) in [6.07, 6.45) is 4.34. The van der Waals surface area contributed by atoms with E-state index in [0.717, 1.165) is 45.4 Å². The van der Waals surface area contributed by atoms with Crippen molar-refractivity contribution >= 4 is 11.3 Å². The summed E-state index contributed by atoms with van der Waals surface area (Å²) >= 11 is 1.80. The van der Waals surface area contributed by atoms with Crippen LogP contribution in [0.3, 0.4) is 0 Å². The lowest BCUT2D eigenvalue weighted by Gasteiger charge is -2.22. The molecule has 0 bridgehead atoms. The van der Waals surface area contributed by atoms with Gasteiger partial charge in [0, 0.05) is 30.9 Å². The molecule has 1 aromatic rings. The topological polar surface area (TPSA) is 48.1 Å². The van der Waals surface area contributed by atoms with Crippen molar-refractivity contribution in [1.29, 1.82) is 0 Å². The van der Waals surface area contributed by atoms with E-state index in [4.69, 9.17) is 15.5 Å². The van der Waals surface area contributed by atoms with Gasteiger partial charge >= 0.3 is 0 Å². The van der Waals surface area contributed by atoms with Crippen LogP contribution in [-0.2, 0) is 11.2 Å². The van der Waals surface area contributed by atoms with Crippen molar-refractivity contribution in [3.63, 3.8) is 0 Å². The van der Waals surface area contributed by atoms with Crippen molar-refractivity contribution in [1.82, 2.24) is 4.98 Å². The summed E-state index contributed by atoms with van der Waals surface area (Å²) in [6.45, 7) is 7.07. The van der Waals surface area contributed by atoms with Gasteiger partial charge in [0.1, 0.15) is 0 Å². The van der Waals surface area contributed by atoms with E-state index < -0.39 is 0 Å². The third-order valence-electron chi connectivity index (χ3n) is 3.66. The molecule has 2 heterocycles. The SMILES string of the molecule is CC(C)(CCN)Cc1nc(C2CCOCC2)cs1. The van der Waals surface area contributed by atoms with Gasteiger partial charge in [0.05, 0.1) is 10.7 Å². The Hall–Kier alpha value is -0.450. The standard InChI is InChI=1S/C14H24N2OS/c1-14(2,5-6-15)9-13-16-12(10-18-13)11-3-7-17-8-4-11/h10-11H,3-9,15H2,1-2H3. The molecule has 0 aliphatic carbocycles. The predicted molar refractivity (Wildman–Crippen MR) is 76.1 cm³/mol. The van der Waals surface area contributed by atoms with Gasteiger partial charge in [0.25, 0.3) is 0 Å². The zero-order valence-electron chi connectivity index (χ0n) is 11.4. The van der Waals surface area contributed by atoms with Crippen molar-refractivity contribution in [2.75, 3.05) is 19.8 Å². The van der Waals surface area contributed by atoms with Crippen LogP contribution < -0.4 is 5.73 Å². The molecule has 102 valence electrons. The van der Waals surface area contributed by atoms with Crippen LogP contribution >= 0.6 is 11.3 Å². The molecule has 0 spiro atoms. The Morgan fingerprint density at radius 3 is 2.83 bits per heavy atom. The molecule has 0 radical (unpaired) electrons. The zero-order chi connectivity index (χ0) is 13.0. The highest BCUT2D eigenvalue weighted by atomic mass is 32.1. The van der Waals surface area contributed by atoms with Gasteiger partial charge in [-0.1, -0.05) is 13.8 Å². The number of rotatable bonds is 5. The van der Waals surface area contributed by atoms with E-state index in [-0.39, 0.29) is 5.41 Å². The average Bonchev–Trinajstić information content (AvgIpc) is 2.77. The van der Waals surface area contributed by atoms with Crippen molar-refractivity contribution in [2.24, 2.45) is 11.1 Å². The normalized spacial score (nSPS) is 18.2. The van der Waals surface area contributed by atoms with Crippen molar-refractivity contribution < 1.29 is 4.74 Å². The largest absolute Gasteiger partial charge is 0.381 e. The minimum atomic E-state index is 0.263. The summed E-state index contributed by atoms with van der Waals surface area (Å²) in [5.41, 5.74) is 7.20. The Kier molecular flexibility index (Phi) is 4.76. The van der Waals surface area contributed by atoms with Crippen molar-refractivity contribution in [3.8, 4) is 0 Å². The number of hydrogen-bond donors (Lipinski definition) is 1. The molecule has 1 fully saturated rings. The minimum absolute atomic E-state index is 0.263. The number of nitrogens with two attached hydrogens (primary N) is 1. The first kappa shape index (κ1) is 14.0. The van der Waals surface area contributed by atoms with Crippen molar-refractivity contribution in [2.45, 2.75) is 45.4 Å². The molecule has 1 aliphatic rings. The minimum Gasteiger partial charge on any atom is -0.381 e. The molecule has 3 nitrogen and oxygen atoms in total. The lowest BCUT2D eigenvalue weighted by Crippen LogP contribution is -2.20. The highest BCUT2D eigenvalue weighted by molar-refractivity contribution is 7.09. The van der Waals surface area contributed by atoms with Crippen LogP contribution in [0.2, 0.25) is 0 Å². The first-order chi connectivity index (χ1) is 8.61. The third kappa shape index (κ3) is 3.77. The fourth-order valence-electron chi connectivity index (χ4n) is 2.48. The van der Waals surface area contributed by atoms with Crippen LogP contribution in [0.25, 0.3) is 0 Å². The fourth-order valence-corrected chi connectivity index (χ4v) is 3.61. The highest BCUT2D eigenvalue weighted by Crippen LogP contribution is 2.31. The Morgan fingerprint density at radius 1 is 1.44 bits per heavy atom. The van der Waals surface area contributed by atoms with Gasteiger partial charge in [-0.2, -0.15) is 0 Å². The van der Waals surface area contributed by atoms with Gasteiger partial charge in [-0.3, -0.25) is 0 Å². The Morgan fingerprint density at radius 2 is 2.17 bits per heavy atom. The van der Waals surface area contributed by atoms with E-state index in [0.29, 0.717) is 5.92 Å². The van der Waals surface area contributed by atoms with Crippen LogP contribution in [-0.4, -0.2) is 24.7 Å². The van der Waals surface area contributed by atoms with Gasteiger partial charge < -0.3 is 10.5 Å². The van der Waals surface area contributed by atoms with Crippen molar-refractivity contribution in [3.05, 3.63) is 16.1 Å². The number of thiazole rings is 1. The summed E-state index contributed by atoms with van der Waals surface area (Å²) in [7, 11) is 0. The van der Waals surface area contributed by atoms with E-state index in [9.17, 15) is 0 Å². The molecule has 0 saturated carbocycles. The maximum Gasteiger partial charge on any atom is 0.0933 e. The monoisotopic (exact) mass is 268 g/mol. The Labute approximate surface area is 114 Å². The second-order valence-electron chi connectivity index (χ2n) is 5.93. The highest BCUT2D eigenvalue weighted by Gasteiger charge is 2.22. The second-order valence-corrected chi connectivity index (χ2v) is 6.88. The van der Waals surface area contributed by atoms with Gasteiger partial charge in [0.2, 0.25) is 0 Å². The Bertz CT molecular complexity index is 370. The van der Waals surface area contributed by atoms with Crippen LogP contribution in [0.5, 0.6) is 0 Å². The molecule has 0 unspecified atom stereocenters. The summed E-state index contributed by atoms with van der Waals surface area (Å²) in [6, 6.07) is 0. The summed E-state index contributed by atoms with van der Waals surface area (Å²) in [5, 5.41) is 3.50. The smallest absolute Gasteiger partial charge is 0.0933 e. The molecule has 1 aliphatic heterocycles. The molecular weight excluding hydrogens is 244 g/mol. The molecule has 2 N–H and O–H groups in total. The van der Waals surface area contributed by atoms with Gasteiger partial charge in [-0.25, -0.2) is 4.98 Å². The van der Waals surface area contributed by atoms with E-state index in [1.165, 1.54) is 10.7 Å². The first-order valence-corrected chi connectivity index (χ1v) is 7.71. The van der Waals surface area contributed by atoms with Crippen LogP contribution in [0.15, 0.2) is 5.38 Å². The van der Waals surface area contributed by atoms with E-state index in [1.54, 1.807) is 11.3 Å². The number of hydrogen-bond acceptors (Lipinski definition) is 4. The lowest BCUT2D eigenvalue weighted by atomic mass is 9.86. The molecular formula is C14H24N2OS. The third-order valence-corrected chi connectivity index (χ3v) is 4.53. The molecule has 0 aromatic carbocycles. The average molecular weight is 268 g/mol. The van der Waals surface area contributed by atoms with Gasteiger partial charge in [-0.05, 0) is 31.2 Å². The fraction of sp³-hybridized carbons (Fsp3) is 0.786. The van der Waals surface area contributed by atoms with Crippen LogP contribution in [0, 0.1) is 5.41 Å². The van der Waals surface area contributed by atoms with Gasteiger partial charge in [0.15, 0.2) is 0 Å². The quantitative estimate of drug-likeness (QED) is 0.893. The summed E-state index contributed by atoms with van der Waals surface area (Å²) in [4.78, 5) is 4.82. The zero-order valence-corrected chi connectivity index (χ0v) is 12.3. The van der Waals surface area contributed by atoms with E-state index in [1.807, 2.05) is 0 Å². The number of aromatic nitrogens is 1. The molecule has 18 heavy (non-hydrogen) atoms. The first-order valence-electron chi connectivity index (χ1n) is 6.83. The molecule has 1 saturated heterocycles. The second kappa shape index (κ2) is 6.13. The van der Waals surface area contributed by atoms with E-state index >= 15 is 0 Å². The maximum absolute atomic E-state index is 5.66. The number of nitrogens with zero attached hydrogens (tertiary/aromatic N) is 1. The lowest BCUT2D eigenvalue weighted by molar-refractivity contribution is 0.0846. The van der Waals surface area contributed by atoms with Gasteiger partial charge in [-0.15, -0.1) is 11.3 Å². The maximum atomic E-state index is 5.66. The summed E-state index contributed by atoms with van der Waals surface area (Å²) < 4.78 is 5.40. The molecule has 2 rings (SSSR count). The van der Waals surface area contributed by atoms with Crippen LogP contribution in [0.4, 0.5) is 0 Å². The molecule has 1 aromatic heterocycles. The predicted octanol–water partition coefficient (Wildman–Crippen LogP) is 2.95. The van der Waals surface area contributed by atoms with Crippen LogP contribution in [0.1, 0.15) is 49.7 Å². The number of ether oxygens (including phenoxy) is 1. The molecule has 4 heteroatoms. The Balaban J connectivity index is 1.97.